The Morgan fingerprint density at radius 1 is 1.00 bits per heavy atom. The number of aromatic nitrogens is 1. The Bertz CT molecular complexity index is 724. The zero-order chi connectivity index (χ0) is 16.1. The van der Waals surface area contributed by atoms with E-state index >= 15 is 0 Å². The van der Waals surface area contributed by atoms with Crippen molar-refractivity contribution < 1.29 is 9.32 Å². The molecule has 0 atom stereocenters. The van der Waals surface area contributed by atoms with Crippen LogP contribution in [0, 0.1) is 23.7 Å². The highest BCUT2D eigenvalue weighted by molar-refractivity contribution is 5.92. The molecule has 0 aliphatic heterocycles. The highest BCUT2D eigenvalue weighted by Crippen LogP contribution is 2.53. The summed E-state index contributed by atoms with van der Waals surface area (Å²) in [6.45, 7) is 0. The van der Waals surface area contributed by atoms with Gasteiger partial charge in [0.05, 0.1) is 0 Å². The van der Waals surface area contributed by atoms with Crippen LogP contribution in [0.1, 0.15) is 42.7 Å². The molecule has 0 unspecified atom stereocenters. The largest absolute Gasteiger partial charge is 0.350 e. The molecule has 4 fully saturated rings. The summed E-state index contributed by atoms with van der Waals surface area (Å²) in [6, 6.07) is 11.9. The van der Waals surface area contributed by atoms with Crippen molar-refractivity contribution >= 4 is 5.91 Å². The number of amides is 1. The molecule has 4 heteroatoms. The van der Waals surface area contributed by atoms with Crippen molar-refractivity contribution in [1.82, 2.24) is 10.5 Å². The Kier molecular flexibility index (Phi) is 3.25. The van der Waals surface area contributed by atoms with Gasteiger partial charge in [-0.2, -0.15) is 0 Å². The maximum absolute atomic E-state index is 12.6. The van der Waals surface area contributed by atoms with Crippen LogP contribution in [0.25, 0.3) is 11.3 Å². The van der Waals surface area contributed by atoms with Crippen LogP contribution in [-0.4, -0.2) is 17.1 Å². The lowest BCUT2D eigenvalue weighted by atomic mass is 9.54. The topological polar surface area (TPSA) is 55.1 Å². The van der Waals surface area contributed by atoms with Gasteiger partial charge in [-0.05, 0) is 55.8 Å². The number of nitrogens with one attached hydrogen (secondary N) is 1. The fraction of sp³-hybridized carbons (Fsp3) is 0.500. The molecule has 1 N–H and O–H groups in total. The van der Waals surface area contributed by atoms with E-state index in [0.717, 1.165) is 17.4 Å². The van der Waals surface area contributed by atoms with Gasteiger partial charge in [-0.1, -0.05) is 35.5 Å². The summed E-state index contributed by atoms with van der Waals surface area (Å²) in [5.41, 5.74) is 1.68. The molecule has 0 saturated heterocycles. The molecule has 1 aromatic carbocycles. The van der Waals surface area contributed by atoms with Gasteiger partial charge in [0.1, 0.15) is 5.69 Å². The lowest BCUT2D eigenvalue weighted by molar-refractivity contribution is -0.0123. The molecule has 6 rings (SSSR count). The summed E-state index contributed by atoms with van der Waals surface area (Å²) in [5, 5.41) is 7.33. The van der Waals surface area contributed by atoms with Crippen molar-refractivity contribution in [2.45, 2.75) is 38.1 Å². The van der Waals surface area contributed by atoms with Crippen molar-refractivity contribution in [2.24, 2.45) is 23.7 Å². The minimum Gasteiger partial charge on any atom is -0.350 e. The van der Waals surface area contributed by atoms with Gasteiger partial charge in [0.2, 0.25) is 5.76 Å². The van der Waals surface area contributed by atoms with Crippen molar-refractivity contribution in [3.8, 4) is 11.3 Å². The number of benzene rings is 1. The monoisotopic (exact) mass is 322 g/mol. The quantitative estimate of drug-likeness (QED) is 0.932. The predicted molar refractivity (Wildman–Crippen MR) is 90.2 cm³/mol. The average molecular weight is 322 g/mol. The summed E-state index contributed by atoms with van der Waals surface area (Å²) in [7, 11) is 0. The smallest absolute Gasteiger partial charge is 0.290 e. The molecule has 0 spiro atoms. The standard InChI is InChI=1S/C20H22N2O2/c23-20(18-11-17(22-24-18)14-4-2-1-3-5-14)21-19-15-7-12-6-13(9-15)10-16(19)8-12/h1-5,11-13,15-16,19H,6-10H2,(H,21,23). The normalized spacial score (nSPS) is 33.6. The van der Waals surface area contributed by atoms with E-state index in [9.17, 15) is 4.79 Å². The van der Waals surface area contributed by atoms with Crippen LogP contribution < -0.4 is 5.32 Å². The zero-order valence-corrected chi connectivity index (χ0v) is 13.7. The van der Waals surface area contributed by atoms with Crippen LogP contribution in [-0.2, 0) is 0 Å². The second kappa shape index (κ2) is 5.47. The molecule has 1 amide bonds. The van der Waals surface area contributed by atoms with E-state index in [1.54, 1.807) is 6.07 Å². The van der Waals surface area contributed by atoms with Crippen LogP contribution in [0.4, 0.5) is 0 Å². The molecule has 0 radical (unpaired) electrons. The van der Waals surface area contributed by atoms with E-state index in [2.05, 4.69) is 10.5 Å². The fourth-order valence-corrected chi connectivity index (χ4v) is 5.51. The molecule has 1 heterocycles. The minimum absolute atomic E-state index is 0.109. The molecule has 24 heavy (non-hydrogen) atoms. The van der Waals surface area contributed by atoms with Crippen molar-refractivity contribution in [1.29, 1.82) is 0 Å². The summed E-state index contributed by atoms with van der Waals surface area (Å²) >= 11 is 0. The van der Waals surface area contributed by atoms with E-state index in [4.69, 9.17) is 4.52 Å². The fourth-order valence-electron chi connectivity index (χ4n) is 5.51. The molecule has 4 aliphatic rings. The molecule has 124 valence electrons. The molecule has 2 aromatic rings. The zero-order valence-electron chi connectivity index (χ0n) is 13.7. The Morgan fingerprint density at radius 2 is 1.67 bits per heavy atom. The molecule has 4 aliphatic carbocycles. The summed E-state index contributed by atoms with van der Waals surface area (Å²) in [6.07, 6.45) is 6.61. The van der Waals surface area contributed by atoms with Crippen LogP contribution in [0.2, 0.25) is 0 Å². The average Bonchev–Trinajstić information content (AvgIpc) is 3.08. The molecular formula is C20H22N2O2. The molecule has 4 nitrogen and oxygen atoms in total. The van der Waals surface area contributed by atoms with E-state index in [-0.39, 0.29) is 5.91 Å². The van der Waals surface area contributed by atoms with Crippen LogP contribution in [0.15, 0.2) is 40.9 Å². The Balaban J connectivity index is 1.32. The van der Waals surface area contributed by atoms with Crippen molar-refractivity contribution in [3.63, 3.8) is 0 Å². The van der Waals surface area contributed by atoms with E-state index in [1.165, 1.54) is 32.1 Å². The minimum atomic E-state index is -0.109. The van der Waals surface area contributed by atoms with Crippen molar-refractivity contribution in [2.75, 3.05) is 0 Å². The van der Waals surface area contributed by atoms with Crippen LogP contribution in [0.3, 0.4) is 0 Å². The Morgan fingerprint density at radius 3 is 2.33 bits per heavy atom. The second-order valence-electron chi connectivity index (χ2n) is 7.87. The number of hydrogen-bond donors (Lipinski definition) is 1. The molecule has 1 aromatic heterocycles. The third-order valence-electron chi connectivity index (χ3n) is 6.33. The number of rotatable bonds is 3. The lowest BCUT2D eigenvalue weighted by Crippen LogP contribution is -2.55. The maximum Gasteiger partial charge on any atom is 0.290 e. The highest BCUT2D eigenvalue weighted by atomic mass is 16.5. The number of nitrogens with zero attached hydrogens (tertiary/aromatic N) is 1. The van der Waals surface area contributed by atoms with E-state index in [0.29, 0.717) is 29.3 Å². The lowest BCUT2D eigenvalue weighted by Gasteiger charge is -2.54. The summed E-state index contributed by atoms with van der Waals surface area (Å²) < 4.78 is 5.31. The van der Waals surface area contributed by atoms with Gasteiger partial charge in [-0.15, -0.1) is 0 Å². The Labute approximate surface area is 141 Å². The van der Waals surface area contributed by atoms with Gasteiger partial charge in [0.25, 0.3) is 5.91 Å². The second-order valence-corrected chi connectivity index (χ2v) is 7.87. The Hall–Kier alpha value is -2.10. The summed E-state index contributed by atoms with van der Waals surface area (Å²) in [5.74, 6) is 3.37. The number of carbonyl (C=O) groups excluding carboxylic acids is 1. The van der Waals surface area contributed by atoms with E-state index < -0.39 is 0 Å². The first kappa shape index (κ1) is 14.3. The number of hydrogen-bond acceptors (Lipinski definition) is 3. The van der Waals surface area contributed by atoms with Gasteiger partial charge in [0.15, 0.2) is 0 Å². The first-order valence-corrected chi connectivity index (χ1v) is 9.09. The highest BCUT2D eigenvalue weighted by Gasteiger charge is 2.48. The first-order valence-electron chi connectivity index (χ1n) is 9.09. The van der Waals surface area contributed by atoms with Gasteiger partial charge >= 0.3 is 0 Å². The SMILES string of the molecule is O=C(NC1C2CC3CC(C2)CC1C3)c1cc(-c2ccccc2)no1. The van der Waals surface area contributed by atoms with Crippen molar-refractivity contribution in [3.05, 3.63) is 42.2 Å². The molecule has 4 saturated carbocycles. The van der Waals surface area contributed by atoms with E-state index in [1.807, 2.05) is 30.3 Å². The van der Waals surface area contributed by atoms with Crippen LogP contribution >= 0.6 is 0 Å². The third kappa shape index (κ3) is 2.36. The van der Waals surface area contributed by atoms with Gasteiger partial charge < -0.3 is 9.84 Å². The van der Waals surface area contributed by atoms with Crippen LogP contribution in [0.5, 0.6) is 0 Å². The summed E-state index contributed by atoms with van der Waals surface area (Å²) in [4.78, 5) is 12.6. The third-order valence-corrected chi connectivity index (χ3v) is 6.33. The molecule has 4 bridgehead atoms. The molecular weight excluding hydrogens is 300 g/mol. The van der Waals surface area contributed by atoms with Gasteiger partial charge in [0, 0.05) is 17.7 Å². The predicted octanol–water partition coefficient (Wildman–Crippen LogP) is 3.90. The van der Waals surface area contributed by atoms with Gasteiger partial charge in [-0.3, -0.25) is 4.79 Å². The van der Waals surface area contributed by atoms with Gasteiger partial charge in [-0.25, -0.2) is 0 Å². The first-order chi connectivity index (χ1) is 11.8. The number of carbonyl (C=O) groups is 1. The maximum atomic E-state index is 12.6.